The van der Waals surface area contributed by atoms with Crippen molar-refractivity contribution < 1.29 is 22.8 Å². The molecule has 0 fully saturated rings. The minimum atomic E-state index is -3.72. The summed E-state index contributed by atoms with van der Waals surface area (Å²) in [4.78, 5) is 8.16. The minimum absolute atomic E-state index is 0.451. The lowest BCUT2D eigenvalue weighted by Gasteiger charge is -2.07. The number of hydrogen-bond donors (Lipinski definition) is 1. The van der Waals surface area contributed by atoms with E-state index in [1.807, 2.05) is 0 Å². The summed E-state index contributed by atoms with van der Waals surface area (Å²) in [5, 5.41) is 0. The van der Waals surface area contributed by atoms with E-state index in [9.17, 15) is 13.3 Å². The van der Waals surface area contributed by atoms with Crippen LogP contribution in [0.15, 0.2) is 30.3 Å². The fraction of sp³-hybridized carbons (Fsp3) is 0.143. The van der Waals surface area contributed by atoms with Crippen molar-refractivity contribution in [3.05, 3.63) is 35.9 Å². The molecular formula is C7H6F2O3P+. The highest BCUT2D eigenvalue weighted by molar-refractivity contribution is 7.32. The van der Waals surface area contributed by atoms with E-state index >= 15 is 0 Å². The molecule has 0 aromatic heterocycles. The molecule has 0 amide bonds. The molecule has 0 bridgehead atoms. The summed E-state index contributed by atoms with van der Waals surface area (Å²) in [6.45, 7) is 0. The molecule has 0 aliphatic rings. The third-order valence-corrected chi connectivity index (χ3v) is 1.69. The summed E-state index contributed by atoms with van der Waals surface area (Å²) in [6, 6.07) is 6.55. The molecule has 0 aliphatic carbocycles. The Bertz CT molecular complexity index is 302. The van der Waals surface area contributed by atoms with Gasteiger partial charge in [0.05, 0.1) is 5.56 Å². The van der Waals surface area contributed by atoms with Crippen LogP contribution in [0.2, 0.25) is 0 Å². The van der Waals surface area contributed by atoms with Crippen LogP contribution in [0.4, 0.5) is 8.78 Å². The molecule has 3 nitrogen and oxygen atoms in total. The summed E-state index contributed by atoms with van der Waals surface area (Å²) in [6.07, 6.45) is -3.72. The summed E-state index contributed by atoms with van der Waals surface area (Å²) in [5.41, 5.74) is -0.451. The first-order chi connectivity index (χ1) is 6.02. The fourth-order valence-corrected chi connectivity index (χ4v) is 1.08. The van der Waals surface area contributed by atoms with Gasteiger partial charge in [-0.1, -0.05) is 30.3 Å². The van der Waals surface area contributed by atoms with E-state index in [0.717, 1.165) is 12.1 Å². The standard InChI is InChI=1S/C7H5F2O3P/c8-7(9,12-13(10)11)6-4-2-1-3-5-6/h1-5H/p+1. The van der Waals surface area contributed by atoms with Crippen LogP contribution in [0.3, 0.4) is 0 Å². The molecule has 0 heterocycles. The summed E-state index contributed by atoms with van der Waals surface area (Å²) in [5.74, 6) is 0. The lowest BCUT2D eigenvalue weighted by Crippen LogP contribution is -2.13. The average Bonchev–Trinajstić information content (AvgIpc) is 2.04. The third-order valence-electron chi connectivity index (χ3n) is 1.30. The van der Waals surface area contributed by atoms with Crippen LogP contribution >= 0.6 is 8.25 Å². The van der Waals surface area contributed by atoms with Gasteiger partial charge in [0, 0.05) is 4.57 Å². The zero-order chi connectivity index (χ0) is 9.90. The first-order valence-electron chi connectivity index (χ1n) is 3.31. The molecule has 1 rings (SSSR count). The molecule has 0 spiro atoms. The van der Waals surface area contributed by atoms with Gasteiger partial charge in [0.1, 0.15) is 0 Å². The van der Waals surface area contributed by atoms with Crippen molar-refractivity contribution >= 4 is 8.25 Å². The molecule has 1 aromatic rings. The Morgan fingerprint density at radius 2 is 1.85 bits per heavy atom. The molecule has 1 atom stereocenters. The third kappa shape index (κ3) is 2.81. The lowest BCUT2D eigenvalue weighted by molar-refractivity contribution is -0.185. The highest BCUT2D eigenvalue weighted by Gasteiger charge is 2.42. The van der Waals surface area contributed by atoms with Crippen molar-refractivity contribution in [2.75, 3.05) is 0 Å². The topological polar surface area (TPSA) is 46.5 Å². The number of benzene rings is 1. The molecule has 0 saturated carbocycles. The van der Waals surface area contributed by atoms with E-state index in [-0.39, 0.29) is 0 Å². The Labute approximate surface area is 73.9 Å². The summed E-state index contributed by atoms with van der Waals surface area (Å²) >= 11 is 0. The van der Waals surface area contributed by atoms with Crippen LogP contribution in [0.25, 0.3) is 0 Å². The van der Waals surface area contributed by atoms with Crippen molar-refractivity contribution in [2.24, 2.45) is 0 Å². The van der Waals surface area contributed by atoms with Gasteiger partial charge in [-0.25, -0.2) is 0 Å². The van der Waals surface area contributed by atoms with Crippen molar-refractivity contribution in [1.29, 1.82) is 0 Å². The molecular weight excluding hydrogens is 201 g/mol. The fourth-order valence-electron chi connectivity index (χ4n) is 0.783. The largest absolute Gasteiger partial charge is 0.701 e. The normalized spacial score (nSPS) is 12.7. The van der Waals surface area contributed by atoms with E-state index in [1.165, 1.54) is 12.1 Å². The predicted octanol–water partition coefficient (Wildman–Crippen LogP) is 2.40. The maximum atomic E-state index is 12.8. The average molecular weight is 207 g/mol. The molecule has 0 aliphatic heterocycles. The Hall–Kier alpha value is -0.900. The van der Waals surface area contributed by atoms with Crippen LogP contribution in [-0.4, -0.2) is 4.89 Å². The Morgan fingerprint density at radius 3 is 2.31 bits per heavy atom. The van der Waals surface area contributed by atoms with E-state index in [4.69, 9.17) is 4.89 Å². The summed E-state index contributed by atoms with van der Waals surface area (Å²) < 4.78 is 39.3. The molecule has 0 saturated heterocycles. The van der Waals surface area contributed by atoms with Gasteiger partial charge in [0.2, 0.25) is 0 Å². The molecule has 0 radical (unpaired) electrons. The molecule has 1 aromatic carbocycles. The van der Waals surface area contributed by atoms with Crippen LogP contribution in [0.1, 0.15) is 5.56 Å². The van der Waals surface area contributed by atoms with E-state index < -0.39 is 19.9 Å². The van der Waals surface area contributed by atoms with Gasteiger partial charge < -0.3 is 0 Å². The van der Waals surface area contributed by atoms with E-state index in [1.54, 1.807) is 6.07 Å². The molecule has 1 unspecified atom stereocenters. The lowest BCUT2D eigenvalue weighted by atomic mass is 10.2. The van der Waals surface area contributed by atoms with Gasteiger partial charge in [0.25, 0.3) is 0 Å². The van der Waals surface area contributed by atoms with Gasteiger partial charge in [-0.3, -0.25) is 0 Å². The number of halogens is 2. The Kier molecular flexibility index (Phi) is 3.03. The van der Waals surface area contributed by atoms with Crippen molar-refractivity contribution in [3.63, 3.8) is 0 Å². The second-order valence-electron chi connectivity index (χ2n) is 2.21. The van der Waals surface area contributed by atoms with Gasteiger partial charge in [-0.2, -0.15) is 8.78 Å². The highest BCUT2D eigenvalue weighted by atomic mass is 31.1. The van der Waals surface area contributed by atoms with Gasteiger partial charge in [0.15, 0.2) is 0 Å². The van der Waals surface area contributed by atoms with E-state index in [2.05, 4.69) is 4.52 Å². The number of hydrogen-bond acceptors (Lipinski definition) is 2. The predicted molar refractivity (Wildman–Crippen MR) is 41.2 cm³/mol. The number of alkyl halides is 2. The second kappa shape index (κ2) is 3.87. The zero-order valence-electron chi connectivity index (χ0n) is 6.35. The summed E-state index contributed by atoms with van der Waals surface area (Å²) in [7, 11) is -3.31. The van der Waals surface area contributed by atoms with Crippen molar-refractivity contribution in [3.8, 4) is 0 Å². The molecule has 1 N–H and O–H groups in total. The number of rotatable bonds is 3. The SMILES string of the molecule is O=[P+](O)OC(F)(F)c1ccccc1. The molecule has 6 heteroatoms. The highest BCUT2D eigenvalue weighted by Crippen LogP contribution is 2.37. The van der Waals surface area contributed by atoms with Crippen LogP contribution in [0, 0.1) is 0 Å². The maximum Gasteiger partial charge on any atom is 0.701 e. The first kappa shape index (κ1) is 10.2. The zero-order valence-corrected chi connectivity index (χ0v) is 7.25. The van der Waals surface area contributed by atoms with Gasteiger partial charge in [-0.15, -0.1) is 4.89 Å². The first-order valence-corrected chi connectivity index (χ1v) is 4.44. The van der Waals surface area contributed by atoms with E-state index in [0.29, 0.717) is 0 Å². The smallest absolute Gasteiger partial charge is 0.167 e. The quantitative estimate of drug-likeness (QED) is 0.774. The van der Waals surface area contributed by atoms with Crippen LogP contribution < -0.4 is 0 Å². The van der Waals surface area contributed by atoms with Crippen molar-refractivity contribution in [2.45, 2.75) is 6.11 Å². The van der Waals surface area contributed by atoms with Gasteiger partial charge >= 0.3 is 14.4 Å². The minimum Gasteiger partial charge on any atom is -0.167 e. The molecule has 70 valence electrons. The Morgan fingerprint density at radius 1 is 1.31 bits per heavy atom. The monoisotopic (exact) mass is 207 g/mol. The van der Waals surface area contributed by atoms with Crippen molar-refractivity contribution in [1.82, 2.24) is 0 Å². The van der Waals surface area contributed by atoms with Crippen LogP contribution in [-0.2, 0) is 15.2 Å². The van der Waals surface area contributed by atoms with Crippen LogP contribution in [0.5, 0.6) is 0 Å². The van der Waals surface area contributed by atoms with Gasteiger partial charge in [-0.05, 0) is 4.52 Å². The maximum absolute atomic E-state index is 12.8. The Balaban J connectivity index is 2.87. The molecule has 13 heavy (non-hydrogen) atoms. The second-order valence-corrected chi connectivity index (χ2v) is 2.87.